The Hall–Kier alpha value is -2.86. The average molecular weight is 365 g/mol. The summed E-state index contributed by atoms with van der Waals surface area (Å²) in [4.78, 5) is 16.8. The molecule has 132 valence electrons. The molecule has 0 bridgehead atoms. The molecule has 5 nitrogen and oxygen atoms in total. The second-order valence-corrected chi connectivity index (χ2v) is 7.30. The fourth-order valence-electron chi connectivity index (χ4n) is 3.06. The van der Waals surface area contributed by atoms with Gasteiger partial charge in [-0.2, -0.15) is 5.10 Å². The summed E-state index contributed by atoms with van der Waals surface area (Å²) in [7, 11) is 1.91. The van der Waals surface area contributed by atoms with Crippen molar-refractivity contribution in [3.8, 4) is 0 Å². The number of amides is 1. The van der Waals surface area contributed by atoms with Gasteiger partial charge in [0.15, 0.2) is 0 Å². The van der Waals surface area contributed by atoms with Gasteiger partial charge in [-0.3, -0.25) is 9.48 Å². The number of aryl methyl sites for hydroxylation is 2. The molecular formula is C20H19N3O2S. The lowest BCUT2D eigenvalue weighted by Crippen LogP contribution is -2.29. The highest BCUT2D eigenvalue weighted by Gasteiger charge is 2.22. The van der Waals surface area contributed by atoms with Gasteiger partial charge in [0.25, 0.3) is 5.91 Å². The van der Waals surface area contributed by atoms with Gasteiger partial charge < -0.3 is 9.32 Å². The molecule has 0 aliphatic rings. The number of fused-ring (bicyclic) bond motifs is 1. The summed E-state index contributed by atoms with van der Waals surface area (Å²) in [6.45, 7) is 2.94. The highest BCUT2D eigenvalue weighted by Crippen LogP contribution is 2.29. The zero-order chi connectivity index (χ0) is 18.1. The first-order valence-electron chi connectivity index (χ1n) is 8.40. The Balaban J connectivity index is 1.66. The van der Waals surface area contributed by atoms with E-state index in [1.807, 2.05) is 72.1 Å². The van der Waals surface area contributed by atoms with Gasteiger partial charge in [-0.05, 0) is 30.7 Å². The number of nitrogens with zero attached hydrogens (tertiary/aromatic N) is 3. The van der Waals surface area contributed by atoms with Crippen molar-refractivity contribution in [3.05, 3.63) is 76.7 Å². The lowest BCUT2D eigenvalue weighted by atomic mass is 10.2. The van der Waals surface area contributed by atoms with E-state index in [4.69, 9.17) is 4.42 Å². The molecule has 0 fully saturated rings. The number of carbonyl (C=O) groups excluding carboxylic acids is 1. The molecule has 0 aliphatic heterocycles. The lowest BCUT2D eigenvalue weighted by Gasteiger charge is -2.21. The second kappa shape index (κ2) is 6.80. The van der Waals surface area contributed by atoms with E-state index in [0.717, 1.165) is 32.1 Å². The van der Waals surface area contributed by atoms with E-state index in [2.05, 4.69) is 5.10 Å². The number of thiophene rings is 1. The fourth-order valence-corrected chi connectivity index (χ4v) is 4.15. The molecule has 26 heavy (non-hydrogen) atoms. The molecule has 0 aliphatic carbocycles. The number of hydrogen-bond donors (Lipinski definition) is 0. The van der Waals surface area contributed by atoms with Gasteiger partial charge in [0, 0.05) is 19.0 Å². The van der Waals surface area contributed by atoms with Crippen LogP contribution in [0.2, 0.25) is 0 Å². The monoisotopic (exact) mass is 365 g/mol. The van der Waals surface area contributed by atoms with E-state index in [0.29, 0.717) is 13.1 Å². The topological polar surface area (TPSA) is 51.3 Å². The fraction of sp³-hybridized carbons (Fsp3) is 0.200. The van der Waals surface area contributed by atoms with Crippen molar-refractivity contribution in [1.29, 1.82) is 0 Å². The third kappa shape index (κ3) is 3.15. The number of furan rings is 1. The molecule has 0 radical (unpaired) electrons. The standard InChI is InChI=1S/C20H19N3O2S/c1-14-17-11-18(26-20(17)22(2)21-14)19(24)23(13-16-9-6-10-25-16)12-15-7-4-3-5-8-15/h3-11H,12-13H2,1-2H3. The maximum absolute atomic E-state index is 13.2. The highest BCUT2D eigenvalue weighted by atomic mass is 32.1. The summed E-state index contributed by atoms with van der Waals surface area (Å²) in [5.74, 6) is 0.777. The molecule has 4 rings (SSSR count). The molecule has 0 saturated heterocycles. The van der Waals surface area contributed by atoms with Crippen molar-refractivity contribution in [3.63, 3.8) is 0 Å². The second-order valence-electron chi connectivity index (χ2n) is 6.26. The molecule has 0 atom stereocenters. The molecule has 6 heteroatoms. The summed E-state index contributed by atoms with van der Waals surface area (Å²) in [6, 6.07) is 15.7. The van der Waals surface area contributed by atoms with Gasteiger partial charge in [0.2, 0.25) is 0 Å². The number of benzene rings is 1. The number of hydrogen-bond acceptors (Lipinski definition) is 4. The quantitative estimate of drug-likeness (QED) is 0.527. The van der Waals surface area contributed by atoms with Gasteiger partial charge in [0.1, 0.15) is 10.6 Å². The van der Waals surface area contributed by atoms with E-state index in [9.17, 15) is 4.79 Å². The van der Waals surface area contributed by atoms with Gasteiger partial charge in [-0.25, -0.2) is 0 Å². The number of aromatic nitrogens is 2. The zero-order valence-corrected chi connectivity index (χ0v) is 15.5. The van der Waals surface area contributed by atoms with Crippen LogP contribution in [0.4, 0.5) is 0 Å². The first-order chi connectivity index (χ1) is 12.6. The Kier molecular flexibility index (Phi) is 4.34. The van der Waals surface area contributed by atoms with Crippen molar-refractivity contribution in [2.45, 2.75) is 20.0 Å². The molecule has 3 aromatic heterocycles. The van der Waals surface area contributed by atoms with Crippen LogP contribution in [0.25, 0.3) is 10.2 Å². The summed E-state index contributed by atoms with van der Waals surface area (Å²) >= 11 is 1.48. The molecular weight excluding hydrogens is 346 g/mol. The Labute approximate surface area is 155 Å². The van der Waals surface area contributed by atoms with Crippen LogP contribution < -0.4 is 0 Å². The van der Waals surface area contributed by atoms with Crippen molar-refractivity contribution in [1.82, 2.24) is 14.7 Å². The highest BCUT2D eigenvalue weighted by molar-refractivity contribution is 7.20. The molecule has 0 N–H and O–H groups in total. The first-order valence-corrected chi connectivity index (χ1v) is 9.22. The number of carbonyl (C=O) groups is 1. The van der Waals surface area contributed by atoms with Crippen LogP contribution in [-0.2, 0) is 20.1 Å². The summed E-state index contributed by atoms with van der Waals surface area (Å²) in [5, 5.41) is 5.45. The average Bonchev–Trinajstić information content (AvgIpc) is 3.35. The van der Waals surface area contributed by atoms with Crippen LogP contribution >= 0.6 is 11.3 Å². The number of rotatable bonds is 5. The SMILES string of the molecule is Cc1nn(C)c2sc(C(=O)N(Cc3ccccc3)Cc3ccco3)cc12. The third-order valence-electron chi connectivity index (χ3n) is 4.34. The summed E-state index contributed by atoms with van der Waals surface area (Å²) in [6.07, 6.45) is 1.63. The largest absolute Gasteiger partial charge is 0.467 e. The lowest BCUT2D eigenvalue weighted by molar-refractivity contribution is 0.0723. The van der Waals surface area contributed by atoms with Crippen LogP contribution in [0.3, 0.4) is 0 Å². The predicted octanol–water partition coefficient (Wildman–Crippen LogP) is 4.38. The molecule has 1 aromatic carbocycles. The molecule has 0 unspecified atom stereocenters. The smallest absolute Gasteiger partial charge is 0.264 e. The Morgan fingerprint density at radius 2 is 2.00 bits per heavy atom. The van der Waals surface area contributed by atoms with E-state index in [1.165, 1.54) is 11.3 Å². The van der Waals surface area contributed by atoms with Crippen LogP contribution in [-0.4, -0.2) is 20.6 Å². The summed E-state index contributed by atoms with van der Waals surface area (Å²) < 4.78 is 7.30. The van der Waals surface area contributed by atoms with Gasteiger partial charge in [-0.15, -0.1) is 11.3 Å². The summed E-state index contributed by atoms with van der Waals surface area (Å²) in [5.41, 5.74) is 2.03. The Bertz CT molecular complexity index is 998. The molecule has 0 spiro atoms. The van der Waals surface area contributed by atoms with Crippen molar-refractivity contribution in [2.24, 2.45) is 7.05 Å². The van der Waals surface area contributed by atoms with Crippen molar-refractivity contribution >= 4 is 27.5 Å². The minimum atomic E-state index is 0.00542. The van der Waals surface area contributed by atoms with Crippen LogP contribution in [0.1, 0.15) is 26.7 Å². The Morgan fingerprint density at radius 1 is 1.19 bits per heavy atom. The molecule has 4 aromatic rings. The van der Waals surface area contributed by atoms with Crippen LogP contribution in [0.5, 0.6) is 0 Å². The van der Waals surface area contributed by atoms with E-state index >= 15 is 0 Å². The van der Waals surface area contributed by atoms with Crippen molar-refractivity contribution in [2.75, 3.05) is 0 Å². The van der Waals surface area contributed by atoms with E-state index in [1.54, 1.807) is 6.26 Å². The minimum absolute atomic E-state index is 0.00542. The molecule has 1 amide bonds. The maximum atomic E-state index is 13.2. The third-order valence-corrected chi connectivity index (χ3v) is 5.53. The zero-order valence-electron chi connectivity index (χ0n) is 14.7. The minimum Gasteiger partial charge on any atom is -0.467 e. The molecule has 0 saturated carbocycles. The predicted molar refractivity (Wildman–Crippen MR) is 102 cm³/mol. The van der Waals surface area contributed by atoms with Crippen LogP contribution in [0.15, 0.2) is 59.2 Å². The Morgan fingerprint density at radius 3 is 2.69 bits per heavy atom. The van der Waals surface area contributed by atoms with Crippen molar-refractivity contribution < 1.29 is 9.21 Å². The van der Waals surface area contributed by atoms with Gasteiger partial charge in [-0.1, -0.05) is 30.3 Å². The van der Waals surface area contributed by atoms with Gasteiger partial charge >= 0.3 is 0 Å². The van der Waals surface area contributed by atoms with E-state index in [-0.39, 0.29) is 5.91 Å². The molecule has 3 heterocycles. The van der Waals surface area contributed by atoms with Gasteiger partial charge in [0.05, 0.1) is 23.4 Å². The normalized spacial score (nSPS) is 11.2. The van der Waals surface area contributed by atoms with E-state index < -0.39 is 0 Å². The maximum Gasteiger partial charge on any atom is 0.264 e. The van der Waals surface area contributed by atoms with Crippen LogP contribution in [0, 0.1) is 6.92 Å². The first kappa shape index (κ1) is 16.6.